The quantitative estimate of drug-likeness (QED) is 0.786. The third-order valence-electron chi connectivity index (χ3n) is 2.05. The Labute approximate surface area is 90.8 Å². The Morgan fingerprint density at radius 2 is 2.36 bits per heavy atom. The van der Waals surface area contributed by atoms with Gasteiger partial charge in [0.2, 0.25) is 0 Å². The van der Waals surface area contributed by atoms with Crippen LogP contribution in [0.2, 0.25) is 0 Å². The Kier molecular flexibility index (Phi) is 2.84. The summed E-state index contributed by atoms with van der Waals surface area (Å²) in [5.74, 6) is 0. The molecule has 2 rings (SSSR count). The van der Waals surface area contributed by atoms with E-state index in [1.165, 1.54) is 0 Å². The van der Waals surface area contributed by atoms with Gasteiger partial charge < -0.3 is 4.74 Å². The Morgan fingerprint density at radius 3 is 3.07 bits per heavy atom. The van der Waals surface area contributed by atoms with E-state index in [4.69, 9.17) is 4.74 Å². The number of hydrogen-bond donors (Lipinski definition) is 0. The van der Waals surface area contributed by atoms with Crippen molar-refractivity contribution in [3.63, 3.8) is 0 Å². The highest BCUT2D eigenvalue weighted by Gasteiger charge is 2.02. The zero-order valence-electron chi connectivity index (χ0n) is 7.90. The average molecular weight is 255 g/mol. The first-order valence-corrected chi connectivity index (χ1v) is 5.22. The van der Waals surface area contributed by atoms with E-state index in [2.05, 4.69) is 20.9 Å². The van der Waals surface area contributed by atoms with Crippen LogP contribution in [0, 0.1) is 0 Å². The minimum Gasteiger partial charge on any atom is -0.384 e. The molecule has 0 amide bonds. The molecule has 3 nitrogen and oxygen atoms in total. The number of methoxy groups -OCH3 is 1. The van der Waals surface area contributed by atoms with Gasteiger partial charge in [-0.15, -0.1) is 0 Å². The molecule has 0 aliphatic carbocycles. The molecule has 2 aromatic rings. The van der Waals surface area contributed by atoms with Crippen molar-refractivity contribution in [2.24, 2.45) is 0 Å². The normalized spacial score (nSPS) is 11.0. The molecule has 0 aliphatic rings. The van der Waals surface area contributed by atoms with Gasteiger partial charge in [0.15, 0.2) is 0 Å². The first-order valence-electron chi connectivity index (χ1n) is 4.42. The molecule has 74 valence electrons. The molecular weight excluding hydrogens is 244 g/mol. The number of hydrogen-bond acceptors (Lipinski definition) is 2. The van der Waals surface area contributed by atoms with Crippen molar-refractivity contribution in [2.45, 2.75) is 6.42 Å². The summed E-state index contributed by atoms with van der Waals surface area (Å²) in [6.45, 7) is 0.710. The lowest BCUT2D eigenvalue weighted by Gasteiger charge is -1.94. The van der Waals surface area contributed by atoms with E-state index < -0.39 is 0 Å². The van der Waals surface area contributed by atoms with Crippen LogP contribution >= 0.6 is 15.9 Å². The summed E-state index contributed by atoms with van der Waals surface area (Å²) in [6, 6.07) is 5.96. The third kappa shape index (κ3) is 1.81. The predicted molar refractivity (Wildman–Crippen MR) is 58.5 cm³/mol. The second kappa shape index (κ2) is 4.11. The van der Waals surface area contributed by atoms with E-state index in [0.29, 0.717) is 6.61 Å². The van der Waals surface area contributed by atoms with Crippen LogP contribution < -0.4 is 0 Å². The zero-order chi connectivity index (χ0) is 9.97. The lowest BCUT2D eigenvalue weighted by molar-refractivity contribution is 0.201. The number of imidazole rings is 1. The summed E-state index contributed by atoms with van der Waals surface area (Å²) in [6.07, 6.45) is 2.88. The Hall–Kier alpha value is -0.870. The van der Waals surface area contributed by atoms with E-state index in [1.807, 2.05) is 28.8 Å². The lowest BCUT2D eigenvalue weighted by Crippen LogP contribution is -1.93. The summed E-state index contributed by atoms with van der Waals surface area (Å²) in [5.41, 5.74) is 2.02. The molecule has 0 spiro atoms. The van der Waals surface area contributed by atoms with Crippen molar-refractivity contribution in [2.75, 3.05) is 13.7 Å². The smallest absolute Gasteiger partial charge is 0.137 e. The zero-order valence-corrected chi connectivity index (χ0v) is 9.49. The second-order valence-corrected chi connectivity index (χ2v) is 3.86. The molecule has 2 aromatic heterocycles. The molecule has 0 aliphatic heterocycles. The minimum atomic E-state index is 0.710. The summed E-state index contributed by atoms with van der Waals surface area (Å²) >= 11 is 3.47. The van der Waals surface area contributed by atoms with Gasteiger partial charge in [-0.3, -0.25) is 4.40 Å². The standard InChI is InChI=1S/C10H11BrN2O/c1-14-6-5-8-7-13-9(11)3-2-4-10(13)12-8/h2-4,7H,5-6H2,1H3. The summed E-state index contributed by atoms with van der Waals surface area (Å²) in [7, 11) is 1.70. The number of rotatable bonds is 3. The number of halogens is 1. The molecule has 0 radical (unpaired) electrons. The third-order valence-corrected chi connectivity index (χ3v) is 2.70. The Balaban J connectivity index is 2.36. The Morgan fingerprint density at radius 1 is 1.50 bits per heavy atom. The largest absolute Gasteiger partial charge is 0.384 e. The van der Waals surface area contributed by atoms with Crippen LogP contribution in [0.1, 0.15) is 5.69 Å². The average Bonchev–Trinajstić information content (AvgIpc) is 2.59. The number of aromatic nitrogens is 2. The molecule has 0 saturated heterocycles. The SMILES string of the molecule is COCCc1cn2c(Br)cccc2n1. The molecule has 0 aromatic carbocycles. The van der Waals surface area contributed by atoms with E-state index >= 15 is 0 Å². The van der Waals surface area contributed by atoms with E-state index in [0.717, 1.165) is 22.4 Å². The van der Waals surface area contributed by atoms with Gasteiger partial charge in [-0.2, -0.15) is 0 Å². The predicted octanol–water partition coefficient (Wildman–Crippen LogP) is 2.29. The Bertz CT molecular complexity index is 439. The first-order chi connectivity index (χ1) is 6.81. The van der Waals surface area contributed by atoms with Gasteiger partial charge in [0.1, 0.15) is 5.65 Å². The van der Waals surface area contributed by atoms with Gasteiger partial charge >= 0.3 is 0 Å². The van der Waals surface area contributed by atoms with Crippen molar-refractivity contribution in [1.29, 1.82) is 0 Å². The number of nitrogens with zero attached hydrogens (tertiary/aromatic N) is 2. The van der Waals surface area contributed by atoms with Crippen molar-refractivity contribution in [1.82, 2.24) is 9.38 Å². The van der Waals surface area contributed by atoms with Gasteiger partial charge in [-0.25, -0.2) is 4.98 Å². The topological polar surface area (TPSA) is 26.5 Å². The van der Waals surface area contributed by atoms with Crippen LogP contribution in [0.4, 0.5) is 0 Å². The van der Waals surface area contributed by atoms with Crippen molar-refractivity contribution >= 4 is 21.6 Å². The van der Waals surface area contributed by atoms with Gasteiger partial charge in [0.05, 0.1) is 16.9 Å². The molecule has 0 bridgehead atoms. The first kappa shape index (κ1) is 9.68. The molecule has 0 fully saturated rings. The molecule has 0 unspecified atom stereocenters. The summed E-state index contributed by atoms with van der Waals surface area (Å²) < 4.78 is 8.05. The van der Waals surface area contributed by atoms with Gasteiger partial charge in [-0.1, -0.05) is 6.07 Å². The van der Waals surface area contributed by atoms with Crippen LogP contribution in [-0.2, 0) is 11.2 Å². The fourth-order valence-electron chi connectivity index (χ4n) is 1.35. The molecule has 0 atom stereocenters. The van der Waals surface area contributed by atoms with Gasteiger partial charge in [-0.05, 0) is 28.1 Å². The van der Waals surface area contributed by atoms with Gasteiger partial charge in [0.25, 0.3) is 0 Å². The van der Waals surface area contributed by atoms with Crippen LogP contribution in [0.15, 0.2) is 29.0 Å². The molecular formula is C10H11BrN2O. The number of ether oxygens (including phenoxy) is 1. The highest BCUT2D eigenvalue weighted by atomic mass is 79.9. The highest BCUT2D eigenvalue weighted by Crippen LogP contribution is 2.14. The maximum Gasteiger partial charge on any atom is 0.137 e. The minimum absolute atomic E-state index is 0.710. The number of fused-ring (bicyclic) bond motifs is 1. The molecule has 0 N–H and O–H groups in total. The van der Waals surface area contributed by atoms with Crippen LogP contribution in [-0.4, -0.2) is 23.1 Å². The van der Waals surface area contributed by atoms with Gasteiger partial charge in [0, 0.05) is 19.7 Å². The monoisotopic (exact) mass is 254 g/mol. The van der Waals surface area contributed by atoms with Crippen LogP contribution in [0.25, 0.3) is 5.65 Å². The van der Waals surface area contributed by atoms with E-state index in [-0.39, 0.29) is 0 Å². The molecule has 2 heterocycles. The van der Waals surface area contributed by atoms with Crippen LogP contribution in [0.5, 0.6) is 0 Å². The summed E-state index contributed by atoms with van der Waals surface area (Å²) in [5, 5.41) is 0. The van der Waals surface area contributed by atoms with E-state index in [1.54, 1.807) is 7.11 Å². The fraction of sp³-hybridized carbons (Fsp3) is 0.300. The molecule has 4 heteroatoms. The van der Waals surface area contributed by atoms with Crippen molar-refractivity contribution in [3.05, 3.63) is 34.7 Å². The fourth-order valence-corrected chi connectivity index (χ4v) is 1.79. The second-order valence-electron chi connectivity index (χ2n) is 3.05. The van der Waals surface area contributed by atoms with Crippen LogP contribution in [0.3, 0.4) is 0 Å². The van der Waals surface area contributed by atoms with Crippen molar-refractivity contribution in [3.8, 4) is 0 Å². The van der Waals surface area contributed by atoms with E-state index in [9.17, 15) is 0 Å². The maximum absolute atomic E-state index is 5.01. The highest BCUT2D eigenvalue weighted by molar-refractivity contribution is 9.10. The number of pyridine rings is 1. The molecule has 0 saturated carbocycles. The maximum atomic E-state index is 5.01. The lowest BCUT2D eigenvalue weighted by atomic mass is 10.3. The van der Waals surface area contributed by atoms with Crippen molar-refractivity contribution < 1.29 is 4.74 Å². The summed E-state index contributed by atoms with van der Waals surface area (Å²) in [4.78, 5) is 4.46. The molecule has 14 heavy (non-hydrogen) atoms.